The first kappa shape index (κ1) is 14.8. The van der Waals surface area contributed by atoms with Crippen molar-refractivity contribution in [3.8, 4) is 11.1 Å². The third-order valence-electron chi connectivity index (χ3n) is 4.60. The van der Waals surface area contributed by atoms with E-state index in [-0.39, 0.29) is 11.9 Å². The molecule has 2 aromatic carbocycles. The number of rotatable bonds is 3. The minimum atomic E-state index is 0.173. The zero-order valence-corrected chi connectivity index (χ0v) is 13.4. The maximum Gasteiger partial charge on any atom is 0.223 e. The first-order valence-corrected chi connectivity index (χ1v) is 8.19. The van der Waals surface area contributed by atoms with Gasteiger partial charge in [-0.25, -0.2) is 0 Å². The molecule has 0 unspecified atom stereocenters. The Morgan fingerprint density at radius 2 is 1.91 bits per heavy atom. The molecule has 1 heterocycles. The van der Waals surface area contributed by atoms with Crippen LogP contribution in [0.15, 0.2) is 48.5 Å². The van der Waals surface area contributed by atoms with Crippen LogP contribution in [0.25, 0.3) is 11.1 Å². The first-order chi connectivity index (χ1) is 10.7. The molecule has 1 atom stereocenters. The van der Waals surface area contributed by atoms with Gasteiger partial charge in [0.2, 0.25) is 5.91 Å². The van der Waals surface area contributed by atoms with Crippen molar-refractivity contribution in [1.29, 1.82) is 0 Å². The quantitative estimate of drug-likeness (QED) is 0.810. The van der Waals surface area contributed by atoms with Crippen LogP contribution in [0, 0.1) is 0 Å². The van der Waals surface area contributed by atoms with Crippen molar-refractivity contribution in [1.82, 2.24) is 4.90 Å². The Labute approximate surface area is 132 Å². The van der Waals surface area contributed by atoms with E-state index in [1.165, 1.54) is 22.3 Å². The summed E-state index contributed by atoms with van der Waals surface area (Å²) in [5.74, 6) is 0.283. The van der Waals surface area contributed by atoms with Crippen LogP contribution in [0.1, 0.15) is 43.9 Å². The van der Waals surface area contributed by atoms with E-state index in [0.717, 1.165) is 19.4 Å². The molecule has 1 aliphatic heterocycles. The van der Waals surface area contributed by atoms with Gasteiger partial charge in [0.05, 0.1) is 6.04 Å². The minimum absolute atomic E-state index is 0.173. The number of hydrogen-bond donors (Lipinski definition) is 0. The fourth-order valence-corrected chi connectivity index (χ4v) is 3.46. The summed E-state index contributed by atoms with van der Waals surface area (Å²) in [6.07, 6.45) is 2.51. The number of benzene rings is 2. The van der Waals surface area contributed by atoms with Gasteiger partial charge in [0.25, 0.3) is 0 Å². The Hall–Kier alpha value is -2.09. The molecule has 0 fully saturated rings. The molecular weight excluding hydrogens is 270 g/mol. The van der Waals surface area contributed by atoms with Crippen molar-refractivity contribution in [2.45, 2.75) is 39.2 Å². The van der Waals surface area contributed by atoms with Crippen molar-refractivity contribution >= 4 is 5.91 Å². The number of fused-ring (bicyclic) bond motifs is 1. The summed E-state index contributed by atoms with van der Waals surface area (Å²) in [6, 6.07) is 17.2. The van der Waals surface area contributed by atoms with Crippen molar-refractivity contribution < 1.29 is 4.79 Å². The topological polar surface area (TPSA) is 20.3 Å². The van der Waals surface area contributed by atoms with E-state index in [1.54, 1.807) is 0 Å². The zero-order chi connectivity index (χ0) is 15.5. The summed E-state index contributed by atoms with van der Waals surface area (Å²) < 4.78 is 0. The minimum Gasteiger partial charge on any atom is -0.336 e. The van der Waals surface area contributed by atoms with E-state index in [0.29, 0.717) is 6.42 Å². The highest BCUT2D eigenvalue weighted by Gasteiger charge is 2.28. The van der Waals surface area contributed by atoms with E-state index < -0.39 is 0 Å². The number of carbonyl (C=O) groups is 1. The standard InChI is InChI=1S/C20H23NO/c1-3-8-20(22)21-14-13-19-17(15(21)2)11-7-12-18(19)16-9-5-4-6-10-16/h4-7,9-12,15H,3,8,13-14H2,1-2H3/t15-/m1/s1. The van der Waals surface area contributed by atoms with Gasteiger partial charge in [0, 0.05) is 13.0 Å². The molecule has 0 saturated heterocycles. The monoisotopic (exact) mass is 293 g/mol. The van der Waals surface area contributed by atoms with Gasteiger partial charge in [0.1, 0.15) is 0 Å². The van der Waals surface area contributed by atoms with Crippen LogP contribution in [0.2, 0.25) is 0 Å². The second-order valence-electron chi connectivity index (χ2n) is 6.00. The van der Waals surface area contributed by atoms with Crippen molar-refractivity contribution in [2.75, 3.05) is 6.54 Å². The van der Waals surface area contributed by atoms with Crippen LogP contribution in [0.4, 0.5) is 0 Å². The largest absolute Gasteiger partial charge is 0.336 e. The molecule has 2 nitrogen and oxygen atoms in total. The van der Waals surface area contributed by atoms with Crippen LogP contribution in [0.5, 0.6) is 0 Å². The van der Waals surface area contributed by atoms with Crippen molar-refractivity contribution in [2.24, 2.45) is 0 Å². The Bertz CT molecular complexity index is 663. The van der Waals surface area contributed by atoms with E-state index in [4.69, 9.17) is 0 Å². The maximum absolute atomic E-state index is 12.3. The van der Waals surface area contributed by atoms with E-state index >= 15 is 0 Å². The summed E-state index contributed by atoms with van der Waals surface area (Å²) in [7, 11) is 0. The normalized spacial score (nSPS) is 17.2. The second kappa shape index (κ2) is 6.35. The molecule has 2 aromatic rings. The molecule has 0 aromatic heterocycles. The predicted octanol–water partition coefficient (Wildman–Crippen LogP) is 4.60. The molecule has 0 radical (unpaired) electrons. The molecule has 0 spiro atoms. The van der Waals surface area contributed by atoms with Gasteiger partial charge < -0.3 is 4.90 Å². The van der Waals surface area contributed by atoms with Gasteiger partial charge in [-0.15, -0.1) is 0 Å². The summed E-state index contributed by atoms with van der Waals surface area (Å²) in [4.78, 5) is 14.3. The summed E-state index contributed by atoms with van der Waals surface area (Å²) in [5, 5.41) is 0. The Balaban J connectivity index is 1.98. The number of nitrogens with zero attached hydrogens (tertiary/aromatic N) is 1. The summed E-state index contributed by atoms with van der Waals surface area (Å²) in [5.41, 5.74) is 5.28. The Kier molecular flexibility index (Phi) is 4.28. The lowest BCUT2D eigenvalue weighted by atomic mass is 9.87. The van der Waals surface area contributed by atoms with E-state index in [1.807, 2.05) is 11.0 Å². The molecule has 3 rings (SSSR count). The van der Waals surface area contributed by atoms with Gasteiger partial charge in [-0.3, -0.25) is 4.79 Å². The van der Waals surface area contributed by atoms with E-state index in [2.05, 4.69) is 56.3 Å². The van der Waals surface area contributed by atoms with Gasteiger partial charge in [-0.2, -0.15) is 0 Å². The average Bonchev–Trinajstić information content (AvgIpc) is 2.56. The average molecular weight is 293 g/mol. The highest BCUT2D eigenvalue weighted by molar-refractivity contribution is 5.78. The lowest BCUT2D eigenvalue weighted by molar-refractivity contribution is -0.133. The van der Waals surface area contributed by atoms with E-state index in [9.17, 15) is 4.79 Å². The molecule has 0 saturated carbocycles. The molecule has 1 aliphatic rings. The molecule has 1 amide bonds. The lowest BCUT2D eigenvalue weighted by Gasteiger charge is -2.36. The Morgan fingerprint density at radius 1 is 1.14 bits per heavy atom. The third kappa shape index (κ3) is 2.66. The highest BCUT2D eigenvalue weighted by Crippen LogP contribution is 2.36. The molecular formula is C20H23NO. The molecule has 0 aliphatic carbocycles. The fourth-order valence-electron chi connectivity index (χ4n) is 3.46. The summed E-state index contributed by atoms with van der Waals surface area (Å²) >= 11 is 0. The van der Waals surface area contributed by atoms with Gasteiger partial charge in [-0.05, 0) is 42.0 Å². The van der Waals surface area contributed by atoms with Crippen LogP contribution in [-0.4, -0.2) is 17.4 Å². The van der Waals surface area contributed by atoms with Gasteiger partial charge >= 0.3 is 0 Å². The van der Waals surface area contributed by atoms with Crippen LogP contribution in [0.3, 0.4) is 0 Å². The SMILES string of the molecule is CCCC(=O)N1CCc2c(-c3ccccc3)cccc2[C@H]1C. The molecule has 0 bridgehead atoms. The van der Waals surface area contributed by atoms with Crippen molar-refractivity contribution in [3.05, 3.63) is 59.7 Å². The lowest BCUT2D eigenvalue weighted by Crippen LogP contribution is -2.38. The fraction of sp³-hybridized carbons (Fsp3) is 0.350. The first-order valence-electron chi connectivity index (χ1n) is 8.19. The van der Waals surface area contributed by atoms with Gasteiger partial charge in [0.15, 0.2) is 0 Å². The molecule has 114 valence electrons. The molecule has 0 N–H and O–H groups in total. The molecule has 22 heavy (non-hydrogen) atoms. The Morgan fingerprint density at radius 3 is 2.64 bits per heavy atom. The second-order valence-corrected chi connectivity index (χ2v) is 6.00. The smallest absolute Gasteiger partial charge is 0.223 e. The number of carbonyl (C=O) groups excluding carboxylic acids is 1. The number of amides is 1. The highest BCUT2D eigenvalue weighted by atomic mass is 16.2. The number of hydrogen-bond acceptors (Lipinski definition) is 1. The summed E-state index contributed by atoms with van der Waals surface area (Å²) in [6.45, 7) is 5.05. The van der Waals surface area contributed by atoms with Gasteiger partial charge in [-0.1, -0.05) is 55.5 Å². The third-order valence-corrected chi connectivity index (χ3v) is 4.60. The van der Waals surface area contributed by atoms with Crippen molar-refractivity contribution in [3.63, 3.8) is 0 Å². The van der Waals surface area contributed by atoms with Crippen LogP contribution in [-0.2, 0) is 11.2 Å². The van der Waals surface area contributed by atoms with Crippen LogP contribution >= 0.6 is 0 Å². The van der Waals surface area contributed by atoms with Crippen LogP contribution < -0.4 is 0 Å². The zero-order valence-electron chi connectivity index (χ0n) is 13.4. The predicted molar refractivity (Wildman–Crippen MR) is 90.6 cm³/mol. The maximum atomic E-state index is 12.3. The molecule has 2 heteroatoms.